The van der Waals surface area contributed by atoms with Gasteiger partial charge in [0.25, 0.3) is 0 Å². The first-order valence-corrected chi connectivity index (χ1v) is 7.09. The molecule has 1 aliphatic carbocycles. The van der Waals surface area contributed by atoms with Crippen LogP contribution in [0.15, 0.2) is 16.9 Å². The highest BCUT2D eigenvalue weighted by molar-refractivity contribution is 9.10. The third-order valence-electron chi connectivity index (χ3n) is 3.29. The summed E-state index contributed by atoms with van der Waals surface area (Å²) in [4.78, 5) is 0. The van der Waals surface area contributed by atoms with E-state index in [2.05, 4.69) is 21.0 Å². The second-order valence-corrected chi connectivity index (χ2v) is 5.71. The van der Waals surface area contributed by atoms with E-state index in [1.165, 1.54) is 19.3 Å². The molecule has 1 aromatic heterocycles. The number of ether oxygens (including phenoxy) is 2. The van der Waals surface area contributed by atoms with Gasteiger partial charge in [-0.2, -0.15) is 5.10 Å². The van der Waals surface area contributed by atoms with Crippen LogP contribution >= 0.6 is 15.9 Å². The standard InChI is InChI=1S/C12H17BrN2O2/c13-10-7-14-15(8-10)12(9-4-5-9)17-11-3-1-2-6-16-11/h7-9,11-12H,1-6H2. The Morgan fingerprint density at radius 3 is 2.88 bits per heavy atom. The van der Waals surface area contributed by atoms with Gasteiger partial charge in [-0.15, -0.1) is 0 Å². The molecule has 2 heterocycles. The van der Waals surface area contributed by atoms with Crippen LogP contribution in [0, 0.1) is 5.92 Å². The number of hydrogen-bond acceptors (Lipinski definition) is 3. The quantitative estimate of drug-likeness (QED) is 0.857. The highest BCUT2D eigenvalue weighted by atomic mass is 79.9. The molecular weight excluding hydrogens is 284 g/mol. The van der Waals surface area contributed by atoms with E-state index in [0.29, 0.717) is 5.92 Å². The molecule has 1 saturated heterocycles. The van der Waals surface area contributed by atoms with Crippen LogP contribution in [-0.4, -0.2) is 22.7 Å². The highest BCUT2D eigenvalue weighted by Crippen LogP contribution is 2.41. The zero-order chi connectivity index (χ0) is 11.7. The summed E-state index contributed by atoms with van der Waals surface area (Å²) in [6.07, 6.45) is 9.61. The zero-order valence-corrected chi connectivity index (χ0v) is 11.3. The first kappa shape index (κ1) is 11.7. The maximum Gasteiger partial charge on any atom is 0.160 e. The average molecular weight is 301 g/mol. The minimum Gasteiger partial charge on any atom is -0.353 e. The average Bonchev–Trinajstić information content (AvgIpc) is 3.10. The lowest BCUT2D eigenvalue weighted by Crippen LogP contribution is -2.28. The Bertz CT molecular complexity index is 372. The maximum atomic E-state index is 6.07. The lowest BCUT2D eigenvalue weighted by Gasteiger charge is -2.27. The van der Waals surface area contributed by atoms with Crippen LogP contribution < -0.4 is 0 Å². The normalized spacial score (nSPS) is 27.0. The first-order valence-electron chi connectivity index (χ1n) is 6.29. The molecule has 2 atom stereocenters. The van der Waals surface area contributed by atoms with Crippen molar-refractivity contribution in [3.8, 4) is 0 Å². The van der Waals surface area contributed by atoms with Gasteiger partial charge in [0, 0.05) is 18.7 Å². The summed E-state index contributed by atoms with van der Waals surface area (Å²) in [6, 6.07) is 0. The van der Waals surface area contributed by atoms with E-state index in [0.717, 1.165) is 23.9 Å². The van der Waals surface area contributed by atoms with Crippen molar-refractivity contribution in [2.24, 2.45) is 5.92 Å². The molecular formula is C12H17BrN2O2. The van der Waals surface area contributed by atoms with Gasteiger partial charge in [0.15, 0.2) is 12.5 Å². The summed E-state index contributed by atoms with van der Waals surface area (Å²) in [5, 5.41) is 4.33. The van der Waals surface area contributed by atoms with E-state index in [9.17, 15) is 0 Å². The lowest BCUT2D eigenvalue weighted by molar-refractivity contribution is -0.214. The number of rotatable bonds is 4. The van der Waals surface area contributed by atoms with Crippen molar-refractivity contribution >= 4 is 15.9 Å². The van der Waals surface area contributed by atoms with E-state index < -0.39 is 0 Å². The Hall–Kier alpha value is -0.390. The van der Waals surface area contributed by atoms with Crippen molar-refractivity contribution in [2.75, 3.05) is 6.61 Å². The van der Waals surface area contributed by atoms with E-state index >= 15 is 0 Å². The predicted octanol–water partition coefficient (Wildman–Crippen LogP) is 3.10. The summed E-state index contributed by atoms with van der Waals surface area (Å²) < 4.78 is 14.6. The predicted molar refractivity (Wildman–Crippen MR) is 66.4 cm³/mol. The summed E-state index contributed by atoms with van der Waals surface area (Å²) in [6.45, 7) is 0.824. The van der Waals surface area contributed by atoms with Crippen LogP contribution in [0.25, 0.3) is 0 Å². The minimum atomic E-state index is -0.0441. The van der Waals surface area contributed by atoms with Gasteiger partial charge in [-0.25, -0.2) is 4.68 Å². The lowest BCUT2D eigenvalue weighted by atomic mass is 10.2. The number of hydrogen-bond donors (Lipinski definition) is 0. The largest absolute Gasteiger partial charge is 0.353 e. The number of nitrogens with zero attached hydrogens (tertiary/aromatic N) is 2. The molecule has 5 heteroatoms. The van der Waals surface area contributed by atoms with Gasteiger partial charge in [-0.05, 0) is 48.0 Å². The number of halogens is 1. The van der Waals surface area contributed by atoms with Crippen molar-refractivity contribution in [1.82, 2.24) is 9.78 Å². The summed E-state index contributed by atoms with van der Waals surface area (Å²) in [5.74, 6) is 0.604. The molecule has 4 nitrogen and oxygen atoms in total. The Labute approximate surface area is 109 Å². The zero-order valence-electron chi connectivity index (χ0n) is 9.72. The van der Waals surface area contributed by atoms with Gasteiger partial charge < -0.3 is 9.47 Å². The molecule has 17 heavy (non-hydrogen) atoms. The van der Waals surface area contributed by atoms with Crippen molar-refractivity contribution in [1.29, 1.82) is 0 Å². The van der Waals surface area contributed by atoms with Gasteiger partial charge >= 0.3 is 0 Å². The maximum absolute atomic E-state index is 6.07. The Morgan fingerprint density at radius 2 is 2.29 bits per heavy atom. The smallest absolute Gasteiger partial charge is 0.160 e. The fourth-order valence-corrected chi connectivity index (χ4v) is 2.50. The summed E-state index contributed by atoms with van der Waals surface area (Å²) in [5.41, 5.74) is 0. The molecule has 3 rings (SSSR count). The van der Waals surface area contributed by atoms with Crippen molar-refractivity contribution in [3.63, 3.8) is 0 Å². The monoisotopic (exact) mass is 300 g/mol. The van der Waals surface area contributed by atoms with Crippen LogP contribution in [0.4, 0.5) is 0 Å². The topological polar surface area (TPSA) is 36.3 Å². The van der Waals surface area contributed by atoms with E-state index in [1.54, 1.807) is 6.20 Å². The van der Waals surface area contributed by atoms with Crippen molar-refractivity contribution in [3.05, 3.63) is 16.9 Å². The van der Waals surface area contributed by atoms with Gasteiger partial charge in [-0.3, -0.25) is 0 Å². The molecule has 0 radical (unpaired) electrons. The molecule has 0 spiro atoms. The summed E-state index contributed by atoms with van der Waals surface area (Å²) >= 11 is 3.43. The molecule has 1 aromatic rings. The molecule has 0 bridgehead atoms. The molecule has 94 valence electrons. The third-order valence-corrected chi connectivity index (χ3v) is 3.69. The van der Waals surface area contributed by atoms with E-state index in [4.69, 9.17) is 9.47 Å². The van der Waals surface area contributed by atoms with Gasteiger partial charge in [0.05, 0.1) is 10.7 Å². The van der Waals surface area contributed by atoms with Gasteiger partial charge in [0.1, 0.15) is 0 Å². The second-order valence-electron chi connectivity index (χ2n) is 4.80. The Morgan fingerprint density at radius 1 is 1.41 bits per heavy atom. The van der Waals surface area contributed by atoms with Crippen LogP contribution in [-0.2, 0) is 9.47 Å². The van der Waals surface area contributed by atoms with Crippen LogP contribution in [0.1, 0.15) is 38.3 Å². The van der Waals surface area contributed by atoms with Crippen LogP contribution in [0.2, 0.25) is 0 Å². The minimum absolute atomic E-state index is 0.0441. The first-order chi connectivity index (χ1) is 8.33. The third kappa shape index (κ3) is 2.89. The fraction of sp³-hybridized carbons (Fsp3) is 0.750. The Balaban J connectivity index is 1.67. The van der Waals surface area contributed by atoms with Gasteiger partial charge in [-0.1, -0.05) is 0 Å². The Kier molecular flexibility index (Phi) is 3.49. The highest BCUT2D eigenvalue weighted by Gasteiger charge is 2.36. The molecule has 2 aliphatic rings. The van der Waals surface area contributed by atoms with E-state index in [1.807, 2.05) is 10.9 Å². The molecule has 1 aliphatic heterocycles. The van der Waals surface area contributed by atoms with Crippen molar-refractivity contribution < 1.29 is 9.47 Å². The molecule has 2 fully saturated rings. The van der Waals surface area contributed by atoms with Crippen molar-refractivity contribution in [2.45, 2.75) is 44.6 Å². The van der Waals surface area contributed by atoms with E-state index in [-0.39, 0.29) is 12.5 Å². The number of aromatic nitrogens is 2. The van der Waals surface area contributed by atoms with Crippen LogP contribution in [0.5, 0.6) is 0 Å². The van der Waals surface area contributed by atoms with Gasteiger partial charge in [0.2, 0.25) is 0 Å². The van der Waals surface area contributed by atoms with Crippen LogP contribution in [0.3, 0.4) is 0 Å². The fourth-order valence-electron chi connectivity index (χ4n) is 2.20. The SMILES string of the molecule is Brc1cnn(C(OC2CCCCO2)C2CC2)c1. The molecule has 0 N–H and O–H groups in total. The molecule has 2 unspecified atom stereocenters. The summed E-state index contributed by atoms with van der Waals surface area (Å²) in [7, 11) is 0. The molecule has 0 aromatic carbocycles. The molecule has 1 saturated carbocycles. The second kappa shape index (κ2) is 5.08. The molecule has 0 amide bonds.